The average molecular weight is 1860 g/mol. The van der Waals surface area contributed by atoms with Crippen LogP contribution in [0.3, 0.4) is 0 Å². The van der Waals surface area contributed by atoms with Crippen LogP contribution in [0.1, 0.15) is 184 Å². The minimum atomic E-state index is -0.524. The van der Waals surface area contributed by atoms with Gasteiger partial charge in [-0.15, -0.1) is 0 Å². The third kappa shape index (κ3) is 23.5. The first-order chi connectivity index (χ1) is 62.3. The number of aromatic nitrogens is 4. The first-order valence-electron chi connectivity index (χ1n) is 45.3. The van der Waals surface area contributed by atoms with Crippen LogP contribution in [-0.4, -0.2) is 211 Å². The molecule has 0 saturated carbocycles. The molecule has 2 aromatic heterocycles. The number of methoxy groups -OCH3 is 4. The van der Waals surface area contributed by atoms with Crippen molar-refractivity contribution in [3.05, 3.63) is 200 Å². The molecule has 30 nitrogen and oxygen atoms in total. The molecular formula is C100H130BrN15O15. The van der Waals surface area contributed by atoms with Crippen LogP contribution in [0, 0.1) is 5.92 Å². The third-order valence-electron chi connectivity index (χ3n) is 24.5. The van der Waals surface area contributed by atoms with E-state index in [1.807, 2.05) is 168 Å². The molecule has 4 saturated heterocycles. The van der Waals surface area contributed by atoms with Crippen LogP contribution >= 0.6 is 15.9 Å². The van der Waals surface area contributed by atoms with Crippen molar-refractivity contribution < 1.29 is 71.5 Å². The standard InChI is InChI=1S/C28H34N4O4.C23H26N4O2.C21H31N3O4.C12H15BrN2O2.C8H16N2O2.C8H8O/c1-18-11-12-21-22(31(18)27(34)35-5)13-14-23-25(21)29-24(15-19-9-7-6-8-10-19)32(23)20-16-30(17-20)26(33)36-28(2,3)4;1-15-8-9-18-19(26(15)23(28)29-2)10-11-20-22(18)25-21(27(20)17-13-24-14-17)12-16-6-4-3-5-7-16;1-13-6-8-16-17(24(13)20(26)27-5)9-7-15(18(16)22)10-14-11-23(12-14)19(25)28-21(2,3)4;1-7-3-4-8-10(15(7)12(16)17-2)6-5-9(13)11(8)14;1-8(2,3)12-7(11)10-4-6(9)5-10;9-7-6-8-4-2-1-3-5-8/h6-10,13-14,18,20H,11-12,15-17H2,1-5H3;3-7,10-11,15,17,24H,8-9,12-14H2,1-2H3;7,9,13-14H,6,8,10-12,22H2,1-5H3;5-7H,3-4,14H2,1-2H3;6H,4-5,9H2,1-3H3;1-5,7H,6H2/t18-;15-;13-;7-;;/m0000../s1. The van der Waals surface area contributed by atoms with Gasteiger partial charge in [0.25, 0.3) is 0 Å². The van der Waals surface area contributed by atoms with E-state index in [-0.39, 0.29) is 78.9 Å². The fraction of sp³-hybridized carbons (Fsp3) is 0.480. The second kappa shape index (κ2) is 42.5. The summed E-state index contributed by atoms with van der Waals surface area (Å²) in [6.07, 6.45) is 8.60. The van der Waals surface area contributed by atoms with Gasteiger partial charge >= 0.3 is 42.7 Å². The molecule has 702 valence electrons. The Labute approximate surface area is 777 Å². The van der Waals surface area contributed by atoms with Crippen molar-refractivity contribution in [2.45, 2.75) is 226 Å². The Kier molecular flexibility index (Phi) is 31.8. The summed E-state index contributed by atoms with van der Waals surface area (Å²) in [5.41, 5.74) is 34.6. The highest BCUT2D eigenvalue weighted by Gasteiger charge is 2.42. The molecule has 0 aliphatic carbocycles. The SMILES string of the molecule is CC(C)(C)OC(=O)N1CC(N)C1.COC(=O)N1c2ccc(Br)c(N)c2CC[C@@H]1C.COC(=O)N1c2ccc(CC3CN(C(=O)OC(C)(C)C)C3)c(N)c2CC[C@@H]1C.COC(=O)N1c2ccc3c(nc(Cc4ccccc4)n3C3CN(C(=O)OC(C)(C)C)C3)c2CC[C@@H]1C.COC(=O)N1c2ccc3c(nc(Cc4ccccc4)n3C3CNC3)c2CC[C@@H]1C.O=CCc1ccccc1. The van der Waals surface area contributed by atoms with E-state index >= 15 is 0 Å². The lowest BCUT2D eigenvalue weighted by Crippen LogP contribution is -2.58. The van der Waals surface area contributed by atoms with Crippen LogP contribution in [0.4, 0.5) is 67.7 Å². The van der Waals surface area contributed by atoms with E-state index in [0.29, 0.717) is 69.8 Å². The van der Waals surface area contributed by atoms with Crippen molar-refractivity contribution in [2.75, 3.05) is 112 Å². The molecule has 17 rings (SSSR count). The van der Waals surface area contributed by atoms with Gasteiger partial charge in [0, 0.05) is 129 Å². The Balaban J connectivity index is 0.000000149. The molecular weight excluding hydrogens is 1730 g/mol. The van der Waals surface area contributed by atoms with E-state index in [4.69, 9.17) is 60.3 Å². The van der Waals surface area contributed by atoms with Crippen molar-refractivity contribution in [2.24, 2.45) is 11.7 Å². The maximum absolute atomic E-state index is 12.6. The number of nitrogens with one attached hydrogen (secondary N) is 1. The van der Waals surface area contributed by atoms with Gasteiger partial charge in [-0.05, 0) is 240 Å². The average Bonchev–Trinajstić information content (AvgIpc) is 1.59. The van der Waals surface area contributed by atoms with E-state index in [1.165, 1.54) is 45.1 Å². The van der Waals surface area contributed by atoms with Gasteiger partial charge in [-0.1, -0.05) is 97.1 Å². The van der Waals surface area contributed by atoms with E-state index in [2.05, 4.69) is 91.9 Å². The molecule has 31 heteroatoms. The number of aryl methyl sites for hydroxylation is 2. The van der Waals surface area contributed by atoms with Crippen molar-refractivity contribution in [3.63, 3.8) is 0 Å². The number of benzene rings is 7. The molecule has 9 aromatic rings. The molecule has 0 spiro atoms. The van der Waals surface area contributed by atoms with Crippen LogP contribution in [0.5, 0.6) is 0 Å². The van der Waals surface area contributed by atoms with Crippen LogP contribution in [0.15, 0.2) is 144 Å². The predicted molar refractivity (Wildman–Crippen MR) is 514 cm³/mol. The molecule has 8 aliphatic rings. The lowest BCUT2D eigenvalue weighted by molar-refractivity contribution is -0.107. The zero-order chi connectivity index (χ0) is 94.7. The molecule has 8 aliphatic heterocycles. The summed E-state index contributed by atoms with van der Waals surface area (Å²) < 4.78 is 41.5. The summed E-state index contributed by atoms with van der Waals surface area (Å²) in [7, 11) is 5.65. The van der Waals surface area contributed by atoms with Crippen molar-refractivity contribution >= 4 is 121 Å². The summed E-state index contributed by atoms with van der Waals surface area (Å²) in [5.74, 6) is 2.42. The maximum Gasteiger partial charge on any atom is 0.414 e. The Bertz CT molecular complexity index is 5540. The van der Waals surface area contributed by atoms with E-state index in [9.17, 15) is 38.4 Å². The Morgan fingerprint density at radius 3 is 1.12 bits per heavy atom. The normalized spacial score (nSPS) is 18.2. The molecule has 7 N–H and O–H groups in total. The van der Waals surface area contributed by atoms with Gasteiger partial charge in [0.05, 0.1) is 91.0 Å². The molecule has 4 atom stereocenters. The Morgan fingerprint density at radius 2 is 0.763 bits per heavy atom. The lowest BCUT2D eigenvalue weighted by Gasteiger charge is -2.41. The number of fused-ring (bicyclic) bond motifs is 8. The minimum absolute atomic E-state index is 0.0577. The van der Waals surface area contributed by atoms with E-state index in [0.717, 1.165) is 178 Å². The van der Waals surface area contributed by atoms with Crippen LogP contribution < -0.4 is 42.1 Å². The fourth-order valence-electron chi connectivity index (χ4n) is 17.7. The first-order valence-corrected chi connectivity index (χ1v) is 46.1. The molecule has 0 radical (unpaired) electrons. The number of hydrogen-bond donors (Lipinski definition) is 4. The predicted octanol–water partition coefficient (Wildman–Crippen LogP) is 17.5. The van der Waals surface area contributed by atoms with Gasteiger partial charge in [-0.3, -0.25) is 19.6 Å². The maximum atomic E-state index is 12.6. The largest absolute Gasteiger partial charge is 0.452 e. The third-order valence-corrected chi connectivity index (χ3v) is 25.2. The van der Waals surface area contributed by atoms with Crippen LogP contribution in [0.2, 0.25) is 0 Å². The van der Waals surface area contributed by atoms with Crippen LogP contribution in [0.25, 0.3) is 22.1 Å². The van der Waals surface area contributed by atoms with Gasteiger partial charge in [-0.25, -0.2) is 43.5 Å². The summed E-state index contributed by atoms with van der Waals surface area (Å²) in [5, 5.41) is 3.38. The van der Waals surface area contributed by atoms with E-state index in [1.54, 1.807) is 34.3 Å². The topological polar surface area (TPSA) is 350 Å². The van der Waals surface area contributed by atoms with Gasteiger partial charge in [0.15, 0.2) is 0 Å². The number of nitrogens with zero attached hydrogens (tertiary/aromatic N) is 11. The molecule has 0 bridgehead atoms. The first kappa shape index (κ1) is 98.1. The highest BCUT2D eigenvalue weighted by atomic mass is 79.9. The van der Waals surface area contributed by atoms with Crippen molar-refractivity contribution in [1.82, 2.24) is 39.1 Å². The number of anilines is 6. The zero-order valence-electron chi connectivity index (χ0n) is 78.8. The number of halogens is 1. The number of likely N-dealkylation sites (tertiary alicyclic amines) is 3. The number of carbonyl (C=O) groups excluding carboxylic acids is 8. The second-order valence-corrected chi connectivity index (χ2v) is 38.7. The molecule has 0 unspecified atom stereocenters. The summed E-state index contributed by atoms with van der Waals surface area (Å²) >= 11 is 3.40. The number of ether oxygens (including phenoxy) is 7. The van der Waals surface area contributed by atoms with Gasteiger partial charge in [-0.2, -0.15) is 0 Å². The van der Waals surface area contributed by atoms with Crippen LogP contribution in [-0.2, 0) is 89.3 Å². The van der Waals surface area contributed by atoms with Gasteiger partial charge in [0.1, 0.15) is 34.7 Å². The number of amides is 7. The summed E-state index contributed by atoms with van der Waals surface area (Å²) in [4.78, 5) is 117. The Morgan fingerprint density at radius 1 is 0.427 bits per heavy atom. The monoisotopic (exact) mass is 1860 g/mol. The highest BCUT2D eigenvalue weighted by molar-refractivity contribution is 9.10. The molecule has 7 amide bonds. The smallest absolute Gasteiger partial charge is 0.414 e. The Hall–Kier alpha value is -12.0. The minimum Gasteiger partial charge on any atom is -0.452 e. The second-order valence-electron chi connectivity index (χ2n) is 37.8. The van der Waals surface area contributed by atoms with Gasteiger partial charge in [0.2, 0.25) is 0 Å². The number of hydrogen-bond acceptors (Lipinski definition) is 21. The number of rotatable bonds is 10. The molecule has 10 heterocycles. The fourth-order valence-corrected chi connectivity index (χ4v) is 18.0. The lowest BCUT2D eigenvalue weighted by atomic mass is 9.87. The number of nitrogens with two attached hydrogens (primary N) is 3. The zero-order valence-corrected chi connectivity index (χ0v) is 80.4. The summed E-state index contributed by atoms with van der Waals surface area (Å²) in [6, 6.07) is 47.5. The number of nitrogen functional groups attached to an aromatic ring is 2. The number of imidazole rings is 2. The van der Waals surface area contributed by atoms with Crippen molar-refractivity contribution in [1.29, 1.82) is 0 Å². The van der Waals surface area contributed by atoms with E-state index < -0.39 is 16.8 Å². The summed E-state index contributed by atoms with van der Waals surface area (Å²) in [6.45, 7) is 30.6. The molecule has 4 fully saturated rings. The molecule has 7 aromatic carbocycles. The number of carbonyl (C=O) groups is 8. The molecule has 131 heavy (non-hydrogen) atoms. The quantitative estimate of drug-likeness (QED) is 0.0561. The van der Waals surface area contributed by atoms with Gasteiger partial charge < -0.3 is 84.3 Å². The highest BCUT2D eigenvalue weighted by Crippen LogP contribution is 2.44. The van der Waals surface area contributed by atoms with Crippen molar-refractivity contribution in [3.8, 4) is 0 Å². The number of aldehydes is 1.